The number of carbonyl (C=O) groups excluding carboxylic acids is 3. The smallest absolute Gasteiger partial charge is 0.328 e. The van der Waals surface area contributed by atoms with Crippen LogP contribution in [0.5, 0.6) is 51.7 Å². The quantitative estimate of drug-likeness (QED) is 0.0235. The number of benzene rings is 10. The van der Waals surface area contributed by atoms with Gasteiger partial charge in [0.2, 0.25) is 0 Å². The van der Waals surface area contributed by atoms with Crippen molar-refractivity contribution < 1.29 is 80.9 Å². The lowest BCUT2D eigenvalue weighted by molar-refractivity contribution is -0.143. The molecule has 10 aromatic carbocycles. The molecular weight excluding hydrogens is 1580 g/mol. The Balaban J connectivity index is 0.000000165. The maximum atomic E-state index is 13.0. The van der Waals surface area contributed by atoms with Crippen LogP contribution < -0.4 is 34.2 Å². The van der Waals surface area contributed by atoms with Crippen LogP contribution in [0.1, 0.15) is 138 Å². The summed E-state index contributed by atoms with van der Waals surface area (Å²) in [6.07, 6.45) is 7.87. The molecule has 1 aliphatic heterocycles. The maximum absolute atomic E-state index is 13.0. The Hall–Kier alpha value is -12.8. The lowest BCUT2D eigenvalue weighted by Crippen LogP contribution is -2.38. The molecular formula is C96H88N2O17S4. The van der Waals surface area contributed by atoms with E-state index in [1.807, 2.05) is 144 Å². The summed E-state index contributed by atoms with van der Waals surface area (Å²) in [6, 6.07) is 68.3. The van der Waals surface area contributed by atoms with Gasteiger partial charge in [-0.2, -0.15) is 4.31 Å². The van der Waals surface area contributed by atoms with Crippen molar-refractivity contribution in [3.05, 3.63) is 282 Å². The second-order valence-electron chi connectivity index (χ2n) is 30.3. The van der Waals surface area contributed by atoms with Gasteiger partial charge in [-0.15, -0.1) is 34.0 Å². The Morgan fingerprint density at radius 1 is 0.429 bits per heavy atom. The number of ether oxygens (including phenoxy) is 6. The van der Waals surface area contributed by atoms with Gasteiger partial charge in [0, 0.05) is 48.5 Å². The third kappa shape index (κ3) is 20.4. The molecule has 119 heavy (non-hydrogen) atoms. The summed E-state index contributed by atoms with van der Waals surface area (Å²) in [5.41, 5.74) is 14.5. The third-order valence-corrected chi connectivity index (χ3v) is 24.4. The first kappa shape index (κ1) is 85.6. The fourth-order valence-corrected chi connectivity index (χ4v) is 17.9. The number of carbonyl (C=O) groups is 6. The number of amides is 1. The normalized spacial score (nSPS) is 12.8. The summed E-state index contributed by atoms with van der Waals surface area (Å²) in [4.78, 5) is 73.1. The molecule has 1 aliphatic rings. The van der Waals surface area contributed by atoms with Crippen LogP contribution in [0.4, 0.5) is 0 Å². The zero-order valence-electron chi connectivity index (χ0n) is 67.1. The predicted octanol–water partition coefficient (Wildman–Crippen LogP) is 23.8. The van der Waals surface area contributed by atoms with E-state index in [1.165, 1.54) is 52.8 Å². The van der Waals surface area contributed by atoms with Gasteiger partial charge in [0.25, 0.3) is 15.9 Å². The van der Waals surface area contributed by atoms with Crippen LogP contribution in [0.3, 0.4) is 0 Å². The Morgan fingerprint density at radius 2 is 0.748 bits per heavy atom. The number of aliphatic carboxylic acids is 3. The largest absolute Gasteiger partial charge is 0.478 e. The number of nitrogens with two attached hydrogens (primary N) is 1. The molecule has 0 unspecified atom stereocenters. The molecule has 0 fully saturated rings. The highest BCUT2D eigenvalue weighted by Gasteiger charge is 2.41. The van der Waals surface area contributed by atoms with E-state index in [-0.39, 0.29) is 28.3 Å². The van der Waals surface area contributed by atoms with Crippen LogP contribution in [0.2, 0.25) is 0 Å². The molecule has 5 N–H and O–H groups in total. The summed E-state index contributed by atoms with van der Waals surface area (Å²) in [5, 5.41) is 29.3. The molecule has 14 rings (SSSR count). The van der Waals surface area contributed by atoms with Gasteiger partial charge in [-0.1, -0.05) is 177 Å². The first-order valence-corrected chi connectivity index (χ1v) is 42.2. The number of carboxylic acid groups (broad SMARTS) is 3. The Bertz CT molecular complexity index is 6180. The number of nitrogens with zero attached hydrogens (tertiary/aromatic N) is 1. The van der Waals surface area contributed by atoms with E-state index in [9.17, 15) is 37.2 Å². The first-order chi connectivity index (χ1) is 56.8. The number of esters is 2. The number of rotatable bonds is 25. The summed E-state index contributed by atoms with van der Waals surface area (Å²) >= 11 is 4.70. The molecule has 23 heteroatoms. The van der Waals surface area contributed by atoms with Gasteiger partial charge < -0.3 is 49.5 Å². The van der Waals surface area contributed by atoms with Crippen LogP contribution in [0, 0.1) is 11.3 Å². The summed E-state index contributed by atoms with van der Waals surface area (Å²) in [7, 11) is -4.00. The zero-order valence-corrected chi connectivity index (χ0v) is 70.4. The predicted molar refractivity (Wildman–Crippen MR) is 472 cm³/mol. The van der Waals surface area contributed by atoms with Crippen molar-refractivity contribution in [3.8, 4) is 83.1 Å². The van der Waals surface area contributed by atoms with Crippen LogP contribution >= 0.6 is 34.0 Å². The van der Waals surface area contributed by atoms with Crippen molar-refractivity contribution in [3.63, 3.8) is 0 Å². The van der Waals surface area contributed by atoms with Crippen molar-refractivity contribution >= 4 is 128 Å². The highest BCUT2D eigenvalue weighted by molar-refractivity contribution is 7.90. The van der Waals surface area contributed by atoms with Gasteiger partial charge in [0.1, 0.15) is 45.4 Å². The minimum absolute atomic E-state index is 0.0245. The molecule has 0 saturated carbocycles. The minimum atomic E-state index is -4.00. The molecule has 13 aromatic rings. The van der Waals surface area contributed by atoms with Gasteiger partial charge in [-0.25, -0.2) is 27.6 Å². The molecule has 1 amide bonds. The second-order valence-corrected chi connectivity index (χ2v) is 35.3. The van der Waals surface area contributed by atoms with E-state index >= 15 is 0 Å². The van der Waals surface area contributed by atoms with Gasteiger partial charge in [0.15, 0.2) is 24.0 Å². The van der Waals surface area contributed by atoms with Crippen LogP contribution in [0.25, 0.3) is 79.8 Å². The van der Waals surface area contributed by atoms with Gasteiger partial charge in [0.05, 0.1) is 25.6 Å². The van der Waals surface area contributed by atoms with Crippen molar-refractivity contribution in [2.75, 3.05) is 6.73 Å². The number of sulfonamides is 1. The second kappa shape index (κ2) is 37.2. The standard InChI is InChI=1S/C34H27NO7S2.C31H31NO5S.C31H30O5S/c1-21(2)25-7-3-4-8-26(25)33-32(42-23-14-11-22(12-15-23)13-18-31(36)37)27-17-16-24(19-29(27)43-33)41-20-35-34(38)28-9-5-6-10-30(28)44(35,39)40;1-18(2)23-7-5-6-8-24(23)30-29(36-21-12-9-20(10-13-21)11-16-27(33)34)25-15-14-22(17-26(25)38-30)37-31(35)28(32)19(3)4;1-19(2)23-8-6-7-9-24(23)29-28(35-21-13-10-20(11-14-21)12-17-27(32)33)25-16-15-22(18-26(25)37-29)36-30(34)31(3,4)5/h3-19,21H,20H2,1-2H3,(H,36,37);5-19,28H,32H2,1-4H3,(H,33,34);6-19H,1-5H3,(H,32,33)/b18-13+;16-11+;17-12+/t;28-;/m.0./s1. The van der Waals surface area contributed by atoms with E-state index in [2.05, 4.69) is 77.9 Å². The highest BCUT2D eigenvalue weighted by atomic mass is 32.2. The molecule has 19 nitrogen and oxygen atoms in total. The Labute approximate surface area is 702 Å². The first-order valence-electron chi connectivity index (χ1n) is 38.3. The molecule has 0 radical (unpaired) electrons. The maximum Gasteiger partial charge on any atom is 0.328 e. The Morgan fingerprint density at radius 3 is 1.08 bits per heavy atom. The lowest BCUT2D eigenvalue weighted by Gasteiger charge is -2.16. The SMILES string of the molecule is CC(C)c1ccccc1-c1sc2cc(OC(=O)C(C)(C)C)ccc2c1Oc1ccc(/C=C/C(=O)O)cc1.CC(C)c1ccccc1-c1sc2cc(OC(=O)[C@@H](N)C(C)C)ccc2c1Oc1ccc(/C=C/C(=O)O)cc1.CC(C)c1ccccc1-c1sc2cc(OCN3C(=O)c4ccccc4S3(=O)=O)ccc2c1Oc1ccc(/C=C/C(=O)O)cc1. The van der Waals surface area contributed by atoms with E-state index in [0.717, 1.165) is 112 Å². The average molecular weight is 1670 g/mol. The molecule has 0 bridgehead atoms. The van der Waals surface area contributed by atoms with Crippen LogP contribution in [0.15, 0.2) is 248 Å². The molecule has 0 aliphatic carbocycles. The van der Waals surface area contributed by atoms with Crippen molar-refractivity contribution in [2.24, 2.45) is 17.1 Å². The van der Waals surface area contributed by atoms with E-state index in [0.29, 0.717) is 57.8 Å². The minimum Gasteiger partial charge on any atom is -0.478 e. The zero-order chi connectivity index (χ0) is 85.1. The molecule has 0 spiro atoms. The molecule has 1 atom stereocenters. The lowest BCUT2D eigenvalue weighted by atomic mass is 9.96. The van der Waals surface area contributed by atoms with Crippen molar-refractivity contribution in [1.82, 2.24) is 4.31 Å². The summed E-state index contributed by atoms with van der Waals surface area (Å²) in [5.74, 6) is 1.74. The average Bonchev–Trinajstić information content (AvgIpc) is 1.63. The third-order valence-electron chi connectivity index (χ3n) is 19.2. The number of carboxylic acids is 3. The molecule has 4 heterocycles. The topological polar surface area (TPSA) is 282 Å². The fourth-order valence-electron chi connectivity index (χ4n) is 12.8. The fraction of sp³-hybridized carbons (Fsp3) is 0.188. The molecule has 0 saturated heterocycles. The summed E-state index contributed by atoms with van der Waals surface area (Å²) < 4.78 is 65.9. The van der Waals surface area contributed by atoms with E-state index < -0.39 is 58.0 Å². The number of fused-ring (bicyclic) bond motifs is 4. The number of hydrogen-bond donors (Lipinski definition) is 4. The van der Waals surface area contributed by atoms with E-state index in [1.54, 1.807) is 89.4 Å². The van der Waals surface area contributed by atoms with Gasteiger partial charge in [-0.05, 0) is 216 Å². The van der Waals surface area contributed by atoms with E-state index in [4.69, 9.17) is 49.5 Å². The van der Waals surface area contributed by atoms with Crippen LogP contribution in [-0.4, -0.2) is 76.6 Å². The monoisotopic (exact) mass is 1670 g/mol. The number of hydrogen-bond acceptors (Lipinski definition) is 18. The molecule has 608 valence electrons. The van der Waals surface area contributed by atoms with Crippen molar-refractivity contribution in [2.45, 2.75) is 105 Å². The summed E-state index contributed by atoms with van der Waals surface area (Å²) in [6.45, 7) is 21.7. The van der Waals surface area contributed by atoms with Gasteiger partial charge in [-0.3, -0.25) is 9.59 Å². The number of thiophene rings is 3. The highest BCUT2D eigenvalue weighted by Crippen LogP contribution is 2.53. The molecule has 3 aromatic heterocycles. The Kier molecular flexibility index (Phi) is 26.8. The van der Waals surface area contributed by atoms with Crippen molar-refractivity contribution in [1.29, 1.82) is 0 Å². The van der Waals surface area contributed by atoms with Gasteiger partial charge >= 0.3 is 29.8 Å². The van der Waals surface area contributed by atoms with Crippen LogP contribution in [-0.2, 0) is 34.0 Å².